The van der Waals surface area contributed by atoms with E-state index in [1.807, 2.05) is 18.2 Å². The van der Waals surface area contributed by atoms with Crippen LogP contribution < -0.4 is 5.46 Å². The highest BCUT2D eigenvalue weighted by atomic mass is 32.1. The average Bonchev–Trinajstić information content (AvgIpc) is 3.43. The molecule has 7 rings (SSSR count). The molecule has 0 radical (unpaired) electrons. The lowest BCUT2D eigenvalue weighted by Gasteiger charge is -2.08. The van der Waals surface area contributed by atoms with Crippen LogP contribution in [0.4, 0.5) is 4.70 Å². The average molecular weight is 489 g/mol. The van der Waals surface area contributed by atoms with Gasteiger partial charge in [0.15, 0.2) is 0 Å². The molecule has 0 amide bonds. The van der Waals surface area contributed by atoms with E-state index in [2.05, 4.69) is 89.5 Å². The summed E-state index contributed by atoms with van der Waals surface area (Å²) in [6.45, 7) is 0. The number of aromatic nitrogens is 1. The molecule has 0 unspecified atom stereocenters. The van der Waals surface area contributed by atoms with Crippen molar-refractivity contribution in [3.63, 3.8) is 0 Å². The lowest BCUT2D eigenvalue weighted by molar-refractivity contribution is 0.426. The molecule has 0 atom stereocenters. The van der Waals surface area contributed by atoms with E-state index < -0.39 is 7.12 Å². The van der Waals surface area contributed by atoms with Crippen molar-refractivity contribution in [2.24, 2.45) is 0 Å². The van der Waals surface area contributed by atoms with E-state index in [4.69, 9.17) is 0 Å². The molecule has 0 aliphatic carbocycles. The first-order valence-corrected chi connectivity index (χ1v) is 12.4. The molecule has 0 spiro atoms. The highest BCUT2D eigenvalue weighted by molar-refractivity contribution is 7.25. The predicted octanol–water partition coefficient (Wildman–Crippen LogP) is 6.65. The Kier molecular flexibility index (Phi) is 5.38. The smallest absolute Gasteiger partial charge is 0.423 e. The van der Waals surface area contributed by atoms with Crippen LogP contribution in [0, 0.1) is 0 Å². The highest BCUT2D eigenvalue weighted by Gasteiger charge is 2.15. The Bertz CT molecular complexity index is 1890. The number of hydrogen-bond donors (Lipinski definition) is 2. The Morgan fingerprint density at radius 2 is 1.17 bits per heavy atom. The van der Waals surface area contributed by atoms with Crippen molar-refractivity contribution in [2.45, 2.75) is 0 Å². The van der Waals surface area contributed by atoms with E-state index in [0.29, 0.717) is 5.46 Å². The predicted molar refractivity (Wildman–Crippen MR) is 151 cm³/mol. The van der Waals surface area contributed by atoms with Gasteiger partial charge in [-0.3, -0.25) is 4.70 Å². The van der Waals surface area contributed by atoms with Gasteiger partial charge in [-0.2, -0.15) is 0 Å². The zero-order valence-corrected chi connectivity index (χ0v) is 19.9. The second kappa shape index (κ2) is 8.61. The van der Waals surface area contributed by atoms with Crippen LogP contribution in [0.5, 0.6) is 0 Å². The number of rotatable bonds is 3. The number of fused-ring (bicyclic) bond motifs is 6. The van der Waals surface area contributed by atoms with Crippen LogP contribution in [0.25, 0.3) is 58.8 Å². The summed E-state index contributed by atoms with van der Waals surface area (Å²) in [6, 6.07) is 38.0. The second-order valence-corrected chi connectivity index (χ2v) is 9.95. The van der Waals surface area contributed by atoms with Crippen LogP contribution in [-0.4, -0.2) is 21.7 Å². The van der Waals surface area contributed by atoms with Gasteiger partial charge in [-0.15, -0.1) is 11.3 Å². The third-order valence-corrected chi connectivity index (χ3v) is 7.96. The second-order valence-electron chi connectivity index (χ2n) is 8.86. The van der Waals surface area contributed by atoms with Gasteiger partial charge in [-0.25, -0.2) is 0 Å². The van der Waals surface area contributed by atoms with Gasteiger partial charge in [0.05, 0.1) is 11.0 Å². The van der Waals surface area contributed by atoms with Crippen molar-refractivity contribution in [1.82, 2.24) is 4.57 Å². The van der Waals surface area contributed by atoms with Crippen molar-refractivity contribution in [3.8, 4) is 16.8 Å². The minimum absolute atomic E-state index is 0. The van der Waals surface area contributed by atoms with Crippen molar-refractivity contribution in [1.29, 1.82) is 0 Å². The normalized spacial score (nSPS) is 11.4. The summed E-state index contributed by atoms with van der Waals surface area (Å²) in [7, 11) is -1.47. The molecular formula is C30H21BFNO2S. The maximum Gasteiger partial charge on any atom is 0.488 e. The van der Waals surface area contributed by atoms with Crippen LogP contribution in [-0.2, 0) is 0 Å². The fourth-order valence-corrected chi connectivity index (χ4v) is 6.21. The van der Waals surface area contributed by atoms with Gasteiger partial charge in [0.25, 0.3) is 0 Å². The number of para-hydroxylation sites is 2. The quantitative estimate of drug-likeness (QED) is 0.273. The van der Waals surface area contributed by atoms with E-state index in [1.165, 1.54) is 26.5 Å². The van der Waals surface area contributed by atoms with E-state index in [1.54, 1.807) is 17.4 Å². The number of hydrogen-bond acceptors (Lipinski definition) is 3. The Morgan fingerprint density at radius 1 is 0.556 bits per heavy atom. The fourth-order valence-electron chi connectivity index (χ4n) is 5.14. The molecule has 0 saturated carbocycles. The summed E-state index contributed by atoms with van der Waals surface area (Å²) >= 11 is 1.72. The molecule has 2 heterocycles. The molecule has 7 aromatic rings. The van der Waals surface area contributed by atoms with Gasteiger partial charge in [-0.05, 0) is 70.5 Å². The molecule has 0 bridgehead atoms. The molecule has 5 aromatic carbocycles. The van der Waals surface area contributed by atoms with Gasteiger partial charge < -0.3 is 14.6 Å². The van der Waals surface area contributed by atoms with Crippen molar-refractivity contribution < 1.29 is 14.8 Å². The molecule has 3 nitrogen and oxygen atoms in total. The third-order valence-electron chi connectivity index (χ3n) is 6.81. The van der Waals surface area contributed by atoms with Gasteiger partial charge in [0.2, 0.25) is 0 Å². The SMILES string of the molecule is F.OB(O)c1ccc2sc3ccc(-c4ccc5c(c4)c4ccccc4n5-c4ccccc4)cc3c2c1. The molecule has 6 heteroatoms. The van der Waals surface area contributed by atoms with Gasteiger partial charge in [0.1, 0.15) is 0 Å². The summed E-state index contributed by atoms with van der Waals surface area (Å²) in [5.41, 5.74) is 6.35. The zero-order valence-electron chi connectivity index (χ0n) is 19.1. The molecule has 0 aliphatic heterocycles. The minimum Gasteiger partial charge on any atom is -0.423 e. The van der Waals surface area contributed by atoms with E-state index in [-0.39, 0.29) is 4.70 Å². The largest absolute Gasteiger partial charge is 0.488 e. The summed E-state index contributed by atoms with van der Waals surface area (Å²) in [5.74, 6) is 0. The number of halogens is 1. The summed E-state index contributed by atoms with van der Waals surface area (Å²) in [5, 5.41) is 24.0. The van der Waals surface area contributed by atoms with Crippen LogP contribution in [0.15, 0.2) is 109 Å². The lowest BCUT2D eigenvalue weighted by atomic mass is 9.80. The molecule has 174 valence electrons. The Hall–Kier alpha value is -3.97. The molecule has 2 N–H and O–H groups in total. The molecular weight excluding hydrogens is 468 g/mol. The summed E-state index contributed by atoms with van der Waals surface area (Å²) in [4.78, 5) is 0. The maximum absolute atomic E-state index is 9.65. The molecule has 0 fully saturated rings. The van der Waals surface area contributed by atoms with E-state index in [0.717, 1.165) is 32.3 Å². The molecule has 0 saturated heterocycles. The van der Waals surface area contributed by atoms with Crippen LogP contribution in [0.2, 0.25) is 0 Å². The Balaban J connectivity index is 0.00000240. The minimum atomic E-state index is -1.47. The third kappa shape index (κ3) is 3.42. The monoisotopic (exact) mass is 489 g/mol. The Morgan fingerprint density at radius 3 is 1.94 bits per heavy atom. The summed E-state index contributed by atoms with van der Waals surface area (Å²) in [6.07, 6.45) is 0. The first-order chi connectivity index (χ1) is 17.2. The summed E-state index contributed by atoms with van der Waals surface area (Å²) < 4.78 is 4.66. The molecule has 36 heavy (non-hydrogen) atoms. The van der Waals surface area contributed by atoms with Crippen molar-refractivity contribution in [2.75, 3.05) is 0 Å². The van der Waals surface area contributed by atoms with Crippen molar-refractivity contribution in [3.05, 3.63) is 109 Å². The van der Waals surface area contributed by atoms with Gasteiger partial charge in [0, 0.05) is 31.2 Å². The van der Waals surface area contributed by atoms with Crippen LogP contribution >= 0.6 is 11.3 Å². The number of nitrogens with zero attached hydrogens (tertiary/aromatic N) is 1. The topological polar surface area (TPSA) is 45.4 Å². The van der Waals surface area contributed by atoms with Crippen molar-refractivity contribution >= 4 is 65.9 Å². The zero-order chi connectivity index (χ0) is 23.5. The van der Waals surface area contributed by atoms with Crippen LogP contribution in [0.3, 0.4) is 0 Å². The first-order valence-electron chi connectivity index (χ1n) is 11.6. The first kappa shape index (κ1) is 22.5. The number of benzene rings is 5. The van der Waals surface area contributed by atoms with E-state index >= 15 is 0 Å². The van der Waals surface area contributed by atoms with Gasteiger partial charge >= 0.3 is 7.12 Å². The lowest BCUT2D eigenvalue weighted by Crippen LogP contribution is -2.29. The van der Waals surface area contributed by atoms with Crippen LogP contribution in [0.1, 0.15) is 0 Å². The van der Waals surface area contributed by atoms with Gasteiger partial charge in [-0.1, -0.05) is 60.7 Å². The Labute approximate surface area is 211 Å². The molecule has 0 aliphatic rings. The maximum atomic E-state index is 9.65. The molecule has 2 aromatic heterocycles. The van der Waals surface area contributed by atoms with E-state index in [9.17, 15) is 10.0 Å². The highest BCUT2D eigenvalue weighted by Crippen LogP contribution is 2.38. The standard InChI is InChI=1S/C30H20BNO2S.FH/c33-31(34)21-12-15-30-26(18-21)25-17-20(11-14-29(25)35-30)19-10-13-28-24(16-19)23-8-4-5-9-27(23)32(28)22-6-2-1-3-7-22;/h1-18,33-34H;1H. The fraction of sp³-hybridized carbons (Fsp3) is 0. The number of thiophene rings is 1.